The van der Waals surface area contributed by atoms with Crippen molar-refractivity contribution in [2.75, 3.05) is 51.3 Å². The van der Waals surface area contributed by atoms with Gasteiger partial charge in [0.25, 0.3) is 11.8 Å². The van der Waals surface area contributed by atoms with Gasteiger partial charge in [0.1, 0.15) is 11.4 Å². The van der Waals surface area contributed by atoms with Crippen molar-refractivity contribution in [2.24, 2.45) is 5.92 Å². The second-order valence-corrected chi connectivity index (χ2v) is 13.4. The van der Waals surface area contributed by atoms with Crippen LogP contribution in [-0.4, -0.2) is 91.0 Å². The van der Waals surface area contributed by atoms with Gasteiger partial charge in [0.2, 0.25) is 0 Å². The molecular weight excluding hydrogens is 621 g/mol. The highest BCUT2D eigenvalue weighted by Crippen LogP contribution is 2.26. The van der Waals surface area contributed by atoms with Gasteiger partial charge in [0, 0.05) is 75.2 Å². The van der Waals surface area contributed by atoms with Crippen LogP contribution < -0.4 is 15.0 Å². The summed E-state index contributed by atoms with van der Waals surface area (Å²) in [5.74, 6) is 0.643. The van der Waals surface area contributed by atoms with Crippen LogP contribution in [0.15, 0.2) is 66.9 Å². The third-order valence-corrected chi connectivity index (χ3v) is 9.62. The Bertz CT molecular complexity index is 1530. The monoisotopic (exact) mass is 671 g/mol. The number of Topliss-reactive ketones (excluding diaryl/α,β-unsaturated/α-hetero) is 1. The summed E-state index contributed by atoms with van der Waals surface area (Å²) in [4.78, 5) is 50.3. The molecule has 262 valence electrons. The van der Waals surface area contributed by atoms with Crippen LogP contribution in [0.3, 0.4) is 0 Å². The minimum atomic E-state index is -0.165. The number of rotatable bonds is 10. The third-order valence-electron chi connectivity index (χ3n) is 9.62. The van der Waals surface area contributed by atoms with E-state index in [1.165, 1.54) is 30.3 Å². The Kier molecular flexibility index (Phi) is 12.8. The van der Waals surface area contributed by atoms with E-state index in [9.17, 15) is 18.8 Å². The van der Waals surface area contributed by atoms with E-state index in [0.29, 0.717) is 44.4 Å². The molecule has 0 saturated carbocycles. The Morgan fingerprint density at radius 3 is 2.16 bits per heavy atom. The number of ether oxygens (including phenoxy) is 1. The lowest BCUT2D eigenvalue weighted by Crippen LogP contribution is -2.44. The number of halogens is 1. The number of carbonyl (C=O) groups is 3. The summed E-state index contributed by atoms with van der Waals surface area (Å²) in [6.07, 6.45) is 7.10. The minimum Gasteiger partial charge on any atom is -0.491 e. The number of benzene rings is 2. The molecule has 3 aliphatic heterocycles. The van der Waals surface area contributed by atoms with Crippen LogP contribution in [0.2, 0.25) is 0 Å². The Balaban J connectivity index is 0.00000230. The van der Waals surface area contributed by atoms with Crippen LogP contribution in [0.25, 0.3) is 0 Å². The smallest absolute Gasteiger partial charge is 0.272 e. The number of hydrogen-bond donors (Lipinski definition) is 1. The molecular formula is C39H50FN5O4. The zero-order valence-corrected chi connectivity index (χ0v) is 29.1. The van der Waals surface area contributed by atoms with Gasteiger partial charge < -0.3 is 19.9 Å². The first-order valence-corrected chi connectivity index (χ1v) is 17.6. The molecule has 0 radical (unpaired) electrons. The van der Waals surface area contributed by atoms with Crippen molar-refractivity contribution in [1.82, 2.24) is 20.1 Å². The zero-order valence-electron chi connectivity index (χ0n) is 29.1. The molecule has 2 amide bonds. The largest absolute Gasteiger partial charge is 0.491 e. The van der Waals surface area contributed by atoms with E-state index in [2.05, 4.69) is 44.4 Å². The summed E-state index contributed by atoms with van der Waals surface area (Å²) in [6.45, 7) is 9.91. The van der Waals surface area contributed by atoms with Gasteiger partial charge in [-0.1, -0.05) is 12.1 Å². The van der Waals surface area contributed by atoms with Crippen molar-refractivity contribution < 1.29 is 23.5 Å². The number of nitrogens with one attached hydrogen (secondary N) is 1. The van der Waals surface area contributed by atoms with E-state index < -0.39 is 0 Å². The van der Waals surface area contributed by atoms with E-state index in [-0.39, 0.29) is 35.7 Å². The zero-order chi connectivity index (χ0) is 34.8. The number of likely N-dealkylation sites (tertiary alicyclic amines) is 2. The highest BCUT2D eigenvalue weighted by molar-refractivity contribution is 5.99. The molecule has 0 atom stereocenters. The summed E-state index contributed by atoms with van der Waals surface area (Å²) in [5, 5.41) is 3.15. The molecule has 6 rings (SSSR count). The normalized spacial score (nSPS) is 17.4. The molecule has 3 aliphatic rings. The fraction of sp³-hybridized carbons (Fsp3) is 0.487. The molecule has 3 fully saturated rings. The van der Waals surface area contributed by atoms with Crippen LogP contribution in [-0.2, 0) is 6.54 Å². The minimum absolute atomic E-state index is 0.0851. The van der Waals surface area contributed by atoms with Gasteiger partial charge in [0.15, 0.2) is 5.78 Å². The number of pyridine rings is 1. The van der Waals surface area contributed by atoms with Crippen molar-refractivity contribution in [1.29, 1.82) is 0 Å². The van der Waals surface area contributed by atoms with Crippen molar-refractivity contribution in [3.8, 4) is 5.75 Å². The van der Waals surface area contributed by atoms with Crippen LogP contribution >= 0.6 is 0 Å². The first-order valence-electron chi connectivity index (χ1n) is 17.6. The van der Waals surface area contributed by atoms with E-state index >= 15 is 0 Å². The predicted octanol–water partition coefficient (Wildman–Crippen LogP) is 6.18. The number of ketones is 1. The molecule has 0 spiro atoms. The molecule has 1 aromatic heterocycles. The first-order chi connectivity index (χ1) is 23.8. The number of carbonyl (C=O) groups excluding carboxylic acids is 3. The van der Waals surface area contributed by atoms with E-state index in [1.807, 2.05) is 38.1 Å². The van der Waals surface area contributed by atoms with Crippen molar-refractivity contribution >= 4 is 23.3 Å². The Labute approximate surface area is 289 Å². The lowest BCUT2D eigenvalue weighted by atomic mass is 9.88. The average Bonchev–Trinajstić information content (AvgIpc) is 3.68. The summed E-state index contributed by atoms with van der Waals surface area (Å²) < 4.78 is 15.3. The highest BCUT2D eigenvalue weighted by Gasteiger charge is 2.29. The third kappa shape index (κ3) is 9.65. The Morgan fingerprint density at radius 2 is 1.53 bits per heavy atom. The number of nitrogens with zero attached hydrogens (tertiary/aromatic N) is 4. The molecule has 0 bridgehead atoms. The van der Waals surface area contributed by atoms with Gasteiger partial charge in [-0.3, -0.25) is 28.7 Å². The summed E-state index contributed by atoms with van der Waals surface area (Å²) >= 11 is 0. The second-order valence-electron chi connectivity index (χ2n) is 13.4. The lowest BCUT2D eigenvalue weighted by Gasteiger charge is -2.32. The molecule has 3 aromatic rings. The number of anilines is 1. The van der Waals surface area contributed by atoms with Crippen molar-refractivity contribution in [3.05, 3.63) is 89.2 Å². The van der Waals surface area contributed by atoms with Crippen LogP contribution in [0.1, 0.15) is 89.1 Å². The molecule has 0 aliphatic carbocycles. The quantitative estimate of drug-likeness (QED) is 0.257. The SMILES string of the molecule is CC(C)Oc1cccc(CN2CCC(NC(=O)c3ccc(C(=O)N4CCC(C(=O)c5ccc(N6CCCC6)cc5)CC4)nc3)CC2)c1.CF. The molecule has 1 N–H and O–H groups in total. The Hall–Kier alpha value is -4.31. The van der Waals surface area contributed by atoms with E-state index in [1.54, 1.807) is 17.0 Å². The maximum Gasteiger partial charge on any atom is 0.272 e. The number of piperidine rings is 2. The molecule has 49 heavy (non-hydrogen) atoms. The van der Waals surface area contributed by atoms with Crippen molar-refractivity contribution in [3.63, 3.8) is 0 Å². The summed E-state index contributed by atoms with van der Waals surface area (Å²) in [6, 6.07) is 19.7. The standard InChI is InChI=1S/C38H47N5O4.CH3F/c1-27(2)47-34-7-5-6-28(24-34)26-41-20-16-32(17-21-41)40-37(45)31-10-13-35(39-25-31)38(46)43-22-14-30(15-23-43)36(44)29-8-11-33(12-9-29)42-18-3-4-19-42;1-2/h5-13,24-25,27,30,32H,3-4,14-23,26H2,1-2H3,(H,40,45);1H3. The first kappa shape index (κ1) is 36.0. The van der Waals surface area contributed by atoms with E-state index in [4.69, 9.17) is 4.74 Å². The predicted molar refractivity (Wildman–Crippen MR) is 190 cm³/mol. The molecule has 0 unspecified atom stereocenters. The molecule has 4 heterocycles. The molecule has 9 nitrogen and oxygen atoms in total. The van der Waals surface area contributed by atoms with Gasteiger partial charge in [-0.15, -0.1) is 0 Å². The number of amides is 2. The van der Waals surface area contributed by atoms with Gasteiger partial charge in [-0.05, 0) is 106 Å². The fourth-order valence-electron chi connectivity index (χ4n) is 6.96. The van der Waals surface area contributed by atoms with Gasteiger partial charge in [-0.2, -0.15) is 0 Å². The maximum atomic E-state index is 13.2. The van der Waals surface area contributed by atoms with Crippen LogP contribution in [0.4, 0.5) is 10.1 Å². The Morgan fingerprint density at radius 1 is 0.857 bits per heavy atom. The average molecular weight is 672 g/mol. The second kappa shape index (κ2) is 17.4. The van der Waals surface area contributed by atoms with Crippen LogP contribution in [0.5, 0.6) is 5.75 Å². The van der Waals surface area contributed by atoms with Gasteiger partial charge in [0.05, 0.1) is 18.8 Å². The van der Waals surface area contributed by atoms with Gasteiger partial charge in [-0.25, -0.2) is 0 Å². The van der Waals surface area contributed by atoms with E-state index in [0.717, 1.165) is 56.9 Å². The molecule has 3 saturated heterocycles. The molecule has 10 heteroatoms. The lowest BCUT2D eigenvalue weighted by molar-refractivity contribution is 0.0645. The summed E-state index contributed by atoms with van der Waals surface area (Å²) in [5.41, 5.74) is 3.92. The highest BCUT2D eigenvalue weighted by atomic mass is 19.1. The topological polar surface area (TPSA) is 95.1 Å². The maximum absolute atomic E-state index is 13.2. The fourth-order valence-corrected chi connectivity index (χ4v) is 6.96. The molecule has 2 aromatic carbocycles. The summed E-state index contributed by atoms with van der Waals surface area (Å²) in [7, 11) is 0.500. The number of hydrogen-bond acceptors (Lipinski definition) is 7. The number of aromatic nitrogens is 1. The van der Waals surface area contributed by atoms with Crippen LogP contribution in [0, 0.1) is 5.92 Å². The van der Waals surface area contributed by atoms with Crippen molar-refractivity contribution in [2.45, 2.75) is 71.1 Å². The van der Waals surface area contributed by atoms with Gasteiger partial charge >= 0.3 is 0 Å². The number of alkyl halides is 1.